The summed E-state index contributed by atoms with van der Waals surface area (Å²) in [4.78, 5) is 34.5. The zero-order valence-electron chi connectivity index (χ0n) is 19.0. The number of amides is 1. The van der Waals surface area contributed by atoms with E-state index in [2.05, 4.69) is 31.0 Å². The third-order valence-electron chi connectivity index (χ3n) is 5.97. The molecule has 0 spiro atoms. The molecule has 2 atom stereocenters. The van der Waals surface area contributed by atoms with Crippen molar-refractivity contribution in [2.24, 2.45) is 0 Å². The van der Waals surface area contributed by atoms with Crippen LogP contribution < -0.4 is 21.5 Å². The molecule has 4 heterocycles. The Morgan fingerprint density at radius 1 is 1.23 bits per heavy atom. The number of nitrogens with one attached hydrogen (secondary N) is 3. The number of carbonyl (C=O) groups excluding carboxylic acids is 1. The van der Waals surface area contributed by atoms with Gasteiger partial charge in [-0.3, -0.25) is 14.2 Å². The van der Waals surface area contributed by atoms with Gasteiger partial charge in [-0.05, 0) is 37.1 Å². The quantitative estimate of drug-likeness (QED) is 0.369. The molecule has 1 aliphatic carbocycles. The average molecular weight is 478 g/mol. The van der Waals surface area contributed by atoms with Crippen LogP contribution in [0.1, 0.15) is 23.2 Å². The van der Waals surface area contributed by atoms with Crippen molar-refractivity contribution in [1.29, 1.82) is 0 Å². The van der Waals surface area contributed by atoms with Crippen LogP contribution in [0.3, 0.4) is 0 Å². The molecule has 0 bridgehead atoms. The van der Waals surface area contributed by atoms with Gasteiger partial charge < -0.3 is 20.7 Å². The maximum absolute atomic E-state index is 13.2. The van der Waals surface area contributed by atoms with E-state index in [1.165, 1.54) is 33.6 Å². The lowest BCUT2D eigenvalue weighted by Gasteiger charge is -2.35. The van der Waals surface area contributed by atoms with Crippen LogP contribution >= 0.6 is 0 Å². The summed E-state index contributed by atoms with van der Waals surface area (Å²) in [5.74, 6) is 0.370. The highest BCUT2D eigenvalue weighted by molar-refractivity contribution is 6.00. The number of rotatable bonds is 7. The van der Waals surface area contributed by atoms with Crippen LogP contribution in [0.25, 0.3) is 11.5 Å². The lowest BCUT2D eigenvalue weighted by atomic mass is 9.89. The molecule has 1 amide bonds. The van der Waals surface area contributed by atoms with E-state index in [1.807, 2.05) is 0 Å². The maximum Gasteiger partial charge on any atom is 0.279 e. The summed E-state index contributed by atoms with van der Waals surface area (Å²) in [6.45, 7) is 0. The summed E-state index contributed by atoms with van der Waals surface area (Å²) >= 11 is 0. The number of nitrogens with zero attached hydrogens (tertiary/aromatic N) is 5. The molecule has 4 aromatic heterocycles. The first-order chi connectivity index (χ1) is 17.0. The third-order valence-corrected chi connectivity index (χ3v) is 5.97. The van der Waals surface area contributed by atoms with Crippen molar-refractivity contribution in [2.45, 2.75) is 25.0 Å². The number of halogens is 1. The second kappa shape index (κ2) is 9.14. The van der Waals surface area contributed by atoms with Crippen molar-refractivity contribution >= 4 is 28.9 Å². The standard InChI is InChI=1S/C23H23FN8O3/c1-25-20-10-18(28-16-4-3-9-31(23(16)34)19-8-5-13(24)11-26-19)30-21-14(12-27-32(20)21)22(33)29-15-6-7-17(15)35-2/h3-5,8-12,15,17,25H,6-7H2,1-2H3,(H,28,30)(H,29,33)/t15-,17-/m0/s1. The molecule has 3 N–H and O–H groups in total. The molecule has 0 aliphatic heterocycles. The lowest BCUT2D eigenvalue weighted by Crippen LogP contribution is -2.51. The van der Waals surface area contributed by atoms with Crippen molar-refractivity contribution in [1.82, 2.24) is 29.5 Å². The second-order valence-corrected chi connectivity index (χ2v) is 8.06. The number of ether oxygens (including phenoxy) is 1. The Labute approximate surface area is 199 Å². The summed E-state index contributed by atoms with van der Waals surface area (Å²) in [7, 11) is 3.34. The number of pyridine rings is 2. The number of hydrogen-bond acceptors (Lipinski definition) is 8. The highest BCUT2D eigenvalue weighted by Gasteiger charge is 2.33. The van der Waals surface area contributed by atoms with Gasteiger partial charge in [-0.2, -0.15) is 9.61 Å². The van der Waals surface area contributed by atoms with E-state index < -0.39 is 11.4 Å². The number of carbonyl (C=O) groups is 1. The summed E-state index contributed by atoms with van der Waals surface area (Å²) in [6, 6.07) is 7.51. The first-order valence-corrected chi connectivity index (χ1v) is 11.0. The maximum atomic E-state index is 13.2. The Morgan fingerprint density at radius 3 is 2.77 bits per heavy atom. The van der Waals surface area contributed by atoms with Gasteiger partial charge in [0.05, 0.1) is 24.5 Å². The number of methoxy groups -OCH3 is 1. The normalized spacial score (nSPS) is 17.1. The number of aromatic nitrogens is 5. The predicted octanol–water partition coefficient (Wildman–Crippen LogP) is 2.11. The highest BCUT2D eigenvalue weighted by Crippen LogP contribution is 2.24. The van der Waals surface area contributed by atoms with Crippen LogP contribution in [-0.2, 0) is 4.74 Å². The van der Waals surface area contributed by atoms with Crippen molar-refractivity contribution in [3.63, 3.8) is 0 Å². The summed E-state index contributed by atoms with van der Waals surface area (Å²) in [5, 5.41) is 13.3. The molecule has 12 heteroatoms. The number of anilines is 3. The molecule has 5 rings (SSSR count). The molecular weight excluding hydrogens is 455 g/mol. The zero-order valence-corrected chi connectivity index (χ0v) is 19.0. The smallest absolute Gasteiger partial charge is 0.279 e. The van der Waals surface area contributed by atoms with Crippen molar-refractivity contribution in [3.05, 3.63) is 70.7 Å². The first-order valence-electron chi connectivity index (χ1n) is 11.0. The van der Waals surface area contributed by atoms with Crippen LogP contribution in [0.15, 0.2) is 53.7 Å². The molecule has 0 saturated heterocycles. The zero-order chi connectivity index (χ0) is 24.5. The van der Waals surface area contributed by atoms with E-state index in [9.17, 15) is 14.0 Å². The van der Waals surface area contributed by atoms with Gasteiger partial charge >= 0.3 is 0 Å². The minimum Gasteiger partial charge on any atom is -0.379 e. The SMILES string of the molecule is CNc1cc(Nc2cccn(-c3ccc(F)cn3)c2=O)nc2c(C(=O)N[C@H]3CC[C@@H]3OC)cnn12. The molecule has 1 fully saturated rings. The van der Waals surface area contributed by atoms with E-state index in [1.54, 1.807) is 32.4 Å². The van der Waals surface area contributed by atoms with Crippen LogP contribution in [0.4, 0.5) is 21.7 Å². The van der Waals surface area contributed by atoms with Crippen molar-refractivity contribution in [3.8, 4) is 5.82 Å². The van der Waals surface area contributed by atoms with Gasteiger partial charge in [0.2, 0.25) is 0 Å². The van der Waals surface area contributed by atoms with Crippen molar-refractivity contribution in [2.75, 3.05) is 24.8 Å². The summed E-state index contributed by atoms with van der Waals surface area (Å²) < 4.78 is 21.4. The Kier molecular flexibility index (Phi) is 5.87. The fourth-order valence-electron chi connectivity index (χ4n) is 3.95. The minimum atomic E-state index is -0.496. The van der Waals surface area contributed by atoms with Crippen LogP contribution in [0.5, 0.6) is 0 Å². The van der Waals surface area contributed by atoms with Gasteiger partial charge in [0.15, 0.2) is 5.65 Å². The number of fused-ring (bicyclic) bond motifs is 1. The molecule has 11 nitrogen and oxygen atoms in total. The molecule has 0 radical (unpaired) electrons. The Balaban J connectivity index is 1.48. The van der Waals surface area contributed by atoms with Crippen molar-refractivity contribution < 1.29 is 13.9 Å². The molecule has 0 unspecified atom stereocenters. The third kappa shape index (κ3) is 4.19. The van der Waals surface area contributed by atoms with E-state index >= 15 is 0 Å². The second-order valence-electron chi connectivity index (χ2n) is 8.06. The van der Waals surface area contributed by atoms with Gasteiger partial charge in [0, 0.05) is 26.4 Å². The van der Waals surface area contributed by atoms with E-state index in [-0.39, 0.29) is 29.6 Å². The van der Waals surface area contributed by atoms with Crippen LogP contribution in [0.2, 0.25) is 0 Å². The van der Waals surface area contributed by atoms with E-state index in [4.69, 9.17) is 4.74 Å². The Hall–Kier alpha value is -4.32. The molecule has 4 aromatic rings. The van der Waals surface area contributed by atoms with Gasteiger partial charge in [0.1, 0.15) is 34.5 Å². The van der Waals surface area contributed by atoms with Crippen LogP contribution in [-0.4, -0.2) is 56.4 Å². The lowest BCUT2D eigenvalue weighted by molar-refractivity contribution is 0.00732. The fraction of sp³-hybridized carbons (Fsp3) is 0.261. The Bertz CT molecular complexity index is 1450. The molecule has 180 valence electrons. The minimum absolute atomic E-state index is 0.00491. The van der Waals surface area contributed by atoms with Gasteiger partial charge in [-0.25, -0.2) is 14.4 Å². The van der Waals surface area contributed by atoms with Crippen LogP contribution in [0, 0.1) is 5.82 Å². The largest absolute Gasteiger partial charge is 0.379 e. The highest BCUT2D eigenvalue weighted by atomic mass is 19.1. The molecule has 0 aromatic carbocycles. The molecule has 35 heavy (non-hydrogen) atoms. The van der Waals surface area contributed by atoms with Gasteiger partial charge in [-0.1, -0.05) is 0 Å². The summed E-state index contributed by atoms with van der Waals surface area (Å²) in [5.41, 5.74) is 0.441. The molecule has 1 saturated carbocycles. The number of hydrogen-bond donors (Lipinski definition) is 3. The Morgan fingerprint density at radius 2 is 2.09 bits per heavy atom. The van der Waals surface area contributed by atoms with Gasteiger partial charge in [0.25, 0.3) is 11.5 Å². The van der Waals surface area contributed by atoms with Gasteiger partial charge in [-0.15, -0.1) is 0 Å². The molecule has 1 aliphatic rings. The van der Waals surface area contributed by atoms with E-state index in [0.29, 0.717) is 22.8 Å². The predicted molar refractivity (Wildman–Crippen MR) is 127 cm³/mol. The fourth-order valence-corrected chi connectivity index (χ4v) is 3.95. The summed E-state index contributed by atoms with van der Waals surface area (Å²) in [6.07, 6.45) is 5.77. The molecular formula is C23H23FN8O3. The average Bonchev–Trinajstić information content (AvgIpc) is 3.27. The first kappa shape index (κ1) is 22.5. The van der Waals surface area contributed by atoms with E-state index in [0.717, 1.165) is 19.0 Å². The monoisotopic (exact) mass is 478 g/mol. The topological polar surface area (TPSA) is 127 Å².